The molecule has 29 heavy (non-hydrogen) atoms. The average Bonchev–Trinajstić information content (AvgIpc) is 2.75. The fourth-order valence-corrected chi connectivity index (χ4v) is 2.62. The van der Waals surface area contributed by atoms with Crippen molar-refractivity contribution in [1.29, 1.82) is 0 Å². The van der Waals surface area contributed by atoms with E-state index in [1.165, 1.54) is 7.11 Å². The molecule has 0 aliphatic carbocycles. The van der Waals surface area contributed by atoms with Crippen LogP contribution in [0.3, 0.4) is 0 Å². The number of benzene rings is 3. The summed E-state index contributed by atoms with van der Waals surface area (Å²) in [4.78, 5) is 36.2. The Kier molecular flexibility index (Phi) is 6.04. The van der Waals surface area contributed by atoms with Crippen molar-refractivity contribution in [2.75, 3.05) is 17.7 Å². The molecule has 0 saturated heterocycles. The van der Waals surface area contributed by atoms with Crippen LogP contribution < -0.4 is 10.6 Å². The van der Waals surface area contributed by atoms with Crippen molar-refractivity contribution in [1.82, 2.24) is 0 Å². The molecular weight excluding hydrogens is 368 g/mol. The predicted molar refractivity (Wildman–Crippen MR) is 111 cm³/mol. The Morgan fingerprint density at radius 2 is 1.00 bits per heavy atom. The molecule has 0 radical (unpaired) electrons. The van der Waals surface area contributed by atoms with E-state index in [9.17, 15) is 14.4 Å². The molecule has 0 heterocycles. The van der Waals surface area contributed by atoms with Gasteiger partial charge < -0.3 is 15.4 Å². The van der Waals surface area contributed by atoms with E-state index in [1.54, 1.807) is 48.5 Å². The number of rotatable bonds is 5. The van der Waals surface area contributed by atoms with Crippen molar-refractivity contribution < 1.29 is 19.1 Å². The van der Waals surface area contributed by atoms with Gasteiger partial charge in [-0.05, 0) is 67.6 Å². The molecule has 0 atom stereocenters. The zero-order valence-electron chi connectivity index (χ0n) is 16.1. The van der Waals surface area contributed by atoms with Gasteiger partial charge in [0.1, 0.15) is 0 Å². The normalized spacial score (nSPS) is 10.1. The van der Waals surface area contributed by atoms with E-state index in [1.807, 2.05) is 31.2 Å². The number of methoxy groups -OCH3 is 1. The highest BCUT2D eigenvalue weighted by Gasteiger charge is 2.11. The Balaban J connectivity index is 1.63. The van der Waals surface area contributed by atoms with E-state index in [0.717, 1.165) is 5.56 Å². The second-order valence-electron chi connectivity index (χ2n) is 6.42. The molecule has 0 saturated carbocycles. The number of amides is 2. The fraction of sp³-hybridized carbons (Fsp3) is 0.0870. The van der Waals surface area contributed by atoms with Gasteiger partial charge in [0, 0.05) is 22.5 Å². The maximum absolute atomic E-state index is 12.4. The number of nitrogens with one attached hydrogen (secondary N) is 2. The van der Waals surface area contributed by atoms with E-state index in [0.29, 0.717) is 28.1 Å². The fourth-order valence-electron chi connectivity index (χ4n) is 2.62. The number of esters is 1. The van der Waals surface area contributed by atoms with E-state index in [4.69, 9.17) is 0 Å². The lowest BCUT2D eigenvalue weighted by Gasteiger charge is -2.08. The van der Waals surface area contributed by atoms with Crippen LogP contribution >= 0.6 is 0 Å². The van der Waals surface area contributed by atoms with Crippen LogP contribution in [0.4, 0.5) is 11.4 Å². The number of ether oxygens (including phenoxy) is 1. The summed E-state index contributed by atoms with van der Waals surface area (Å²) in [7, 11) is 1.31. The maximum Gasteiger partial charge on any atom is 0.337 e. The maximum atomic E-state index is 12.4. The van der Waals surface area contributed by atoms with Gasteiger partial charge in [-0.25, -0.2) is 4.79 Å². The first-order valence-electron chi connectivity index (χ1n) is 8.94. The second-order valence-corrected chi connectivity index (χ2v) is 6.42. The van der Waals surface area contributed by atoms with Gasteiger partial charge in [-0.3, -0.25) is 9.59 Å². The Labute approximate surface area is 168 Å². The lowest BCUT2D eigenvalue weighted by Crippen LogP contribution is -2.14. The van der Waals surface area contributed by atoms with Crippen LogP contribution in [0.1, 0.15) is 36.6 Å². The zero-order chi connectivity index (χ0) is 20.8. The summed E-state index contributed by atoms with van der Waals surface area (Å²) < 4.78 is 4.64. The highest BCUT2D eigenvalue weighted by molar-refractivity contribution is 6.07. The summed E-state index contributed by atoms with van der Waals surface area (Å²) in [6.45, 7) is 1.98. The molecule has 2 N–H and O–H groups in total. The van der Waals surface area contributed by atoms with Crippen molar-refractivity contribution in [2.45, 2.75) is 6.92 Å². The Morgan fingerprint density at radius 1 is 0.621 bits per heavy atom. The highest BCUT2D eigenvalue weighted by atomic mass is 16.5. The third-order valence-electron chi connectivity index (χ3n) is 4.28. The molecule has 2 amide bonds. The molecule has 6 nitrogen and oxygen atoms in total. The van der Waals surface area contributed by atoms with Crippen molar-refractivity contribution in [2.24, 2.45) is 0 Å². The Hall–Kier alpha value is -3.93. The highest BCUT2D eigenvalue weighted by Crippen LogP contribution is 2.14. The van der Waals surface area contributed by atoms with Gasteiger partial charge in [0.2, 0.25) is 0 Å². The molecule has 6 heteroatoms. The van der Waals surface area contributed by atoms with Gasteiger partial charge in [-0.1, -0.05) is 17.7 Å². The number of hydrogen-bond acceptors (Lipinski definition) is 4. The molecule has 3 rings (SSSR count). The van der Waals surface area contributed by atoms with Crippen LogP contribution in [0.5, 0.6) is 0 Å². The summed E-state index contributed by atoms with van der Waals surface area (Å²) in [5.74, 6) is -1.01. The molecule has 0 bridgehead atoms. The zero-order valence-corrected chi connectivity index (χ0v) is 16.1. The summed E-state index contributed by atoms with van der Waals surface area (Å²) in [6.07, 6.45) is 0. The first-order valence-corrected chi connectivity index (χ1v) is 8.94. The Bertz CT molecular complexity index is 1020. The van der Waals surface area contributed by atoms with Gasteiger partial charge in [-0.2, -0.15) is 0 Å². The predicted octanol–water partition coefficient (Wildman–Crippen LogP) is 4.29. The topological polar surface area (TPSA) is 84.5 Å². The largest absolute Gasteiger partial charge is 0.465 e. The third-order valence-corrected chi connectivity index (χ3v) is 4.28. The first kappa shape index (κ1) is 19.8. The molecule has 0 aromatic heterocycles. The number of carbonyl (C=O) groups excluding carboxylic acids is 3. The van der Waals surface area contributed by atoms with Crippen LogP contribution in [-0.2, 0) is 4.74 Å². The molecule has 0 spiro atoms. The number of carbonyl (C=O) groups is 3. The van der Waals surface area contributed by atoms with Crippen LogP contribution in [0.25, 0.3) is 0 Å². The molecule has 146 valence electrons. The van der Waals surface area contributed by atoms with Gasteiger partial charge in [0.15, 0.2) is 0 Å². The summed E-state index contributed by atoms with van der Waals surface area (Å²) in [6, 6.07) is 20.2. The molecule has 0 aliphatic heterocycles. The molecule has 0 fully saturated rings. The van der Waals surface area contributed by atoms with E-state index in [2.05, 4.69) is 15.4 Å². The minimum atomic E-state index is -0.442. The minimum Gasteiger partial charge on any atom is -0.465 e. The molecule has 3 aromatic carbocycles. The van der Waals surface area contributed by atoms with Crippen molar-refractivity contribution in [3.63, 3.8) is 0 Å². The van der Waals surface area contributed by atoms with E-state index in [-0.39, 0.29) is 11.8 Å². The van der Waals surface area contributed by atoms with E-state index >= 15 is 0 Å². The molecule has 0 unspecified atom stereocenters. The summed E-state index contributed by atoms with van der Waals surface area (Å²) in [5, 5.41) is 5.56. The third kappa shape index (κ3) is 5.07. The van der Waals surface area contributed by atoms with Crippen LogP contribution in [0, 0.1) is 6.92 Å². The molecule has 0 aliphatic rings. The van der Waals surface area contributed by atoms with E-state index < -0.39 is 5.97 Å². The molecule has 3 aromatic rings. The van der Waals surface area contributed by atoms with Gasteiger partial charge >= 0.3 is 5.97 Å². The van der Waals surface area contributed by atoms with Crippen molar-refractivity contribution in [3.8, 4) is 0 Å². The van der Waals surface area contributed by atoms with Gasteiger partial charge in [0.25, 0.3) is 11.8 Å². The number of anilines is 2. The second kappa shape index (κ2) is 8.84. The van der Waals surface area contributed by atoms with Crippen molar-refractivity contribution >= 4 is 29.2 Å². The summed E-state index contributed by atoms with van der Waals surface area (Å²) in [5.41, 5.74) is 3.62. The van der Waals surface area contributed by atoms with Crippen LogP contribution in [0.15, 0.2) is 72.8 Å². The van der Waals surface area contributed by atoms with Crippen LogP contribution in [-0.4, -0.2) is 24.9 Å². The lowest BCUT2D eigenvalue weighted by molar-refractivity contribution is 0.0600. The van der Waals surface area contributed by atoms with Gasteiger partial charge in [-0.15, -0.1) is 0 Å². The quantitative estimate of drug-likeness (QED) is 0.639. The standard InChI is InChI=1S/C23H20N2O4/c1-15-3-11-19(12-4-15)24-21(26)16-5-7-17(8-6-16)22(27)25-20-13-9-18(10-14-20)23(28)29-2/h3-14H,1-2H3,(H,24,26)(H,25,27). The first-order chi connectivity index (χ1) is 14.0. The average molecular weight is 388 g/mol. The number of hydrogen-bond donors (Lipinski definition) is 2. The molecular formula is C23H20N2O4. The SMILES string of the molecule is COC(=O)c1ccc(NC(=O)c2ccc(C(=O)Nc3ccc(C)cc3)cc2)cc1. The summed E-state index contributed by atoms with van der Waals surface area (Å²) >= 11 is 0. The smallest absolute Gasteiger partial charge is 0.337 e. The number of aryl methyl sites for hydroxylation is 1. The lowest BCUT2D eigenvalue weighted by atomic mass is 10.1. The van der Waals surface area contributed by atoms with Gasteiger partial charge in [0.05, 0.1) is 12.7 Å². The monoisotopic (exact) mass is 388 g/mol. The van der Waals surface area contributed by atoms with Crippen molar-refractivity contribution in [3.05, 3.63) is 95.1 Å². The Morgan fingerprint density at radius 3 is 1.41 bits per heavy atom. The minimum absolute atomic E-state index is 0.251. The van der Waals surface area contributed by atoms with Crippen LogP contribution in [0.2, 0.25) is 0 Å².